The molecule has 0 aromatic rings. The first-order valence-electron chi connectivity index (χ1n) is 5.50. The standard InChI is InChI=1S/C11H21NO3/c1-4-6-7-9(13)12-11(3,8-5-2)10(14)15/h4-8H2,1-3H3,(H,12,13)(H,14,15). The molecule has 0 aliphatic rings. The van der Waals surface area contributed by atoms with Crippen molar-refractivity contribution in [2.75, 3.05) is 0 Å². The van der Waals surface area contributed by atoms with Crippen LogP contribution < -0.4 is 5.32 Å². The summed E-state index contributed by atoms with van der Waals surface area (Å²) in [7, 11) is 0. The normalized spacial score (nSPS) is 14.3. The summed E-state index contributed by atoms with van der Waals surface area (Å²) in [4.78, 5) is 22.4. The van der Waals surface area contributed by atoms with Crippen LogP contribution in [-0.2, 0) is 9.59 Å². The number of rotatable bonds is 7. The van der Waals surface area contributed by atoms with Crippen molar-refractivity contribution in [3.05, 3.63) is 0 Å². The van der Waals surface area contributed by atoms with Gasteiger partial charge in [0.05, 0.1) is 0 Å². The Bertz CT molecular complexity index is 228. The summed E-state index contributed by atoms with van der Waals surface area (Å²) in [6.07, 6.45) is 3.33. The van der Waals surface area contributed by atoms with E-state index in [2.05, 4.69) is 5.32 Å². The molecule has 4 heteroatoms. The van der Waals surface area contributed by atoms with Crippen LogP contribution in [0.2, 0.25) is 0 Å². The molecule has 88 valence electrons. The van der Waals surface area contributed by atoms with Crippen LogP contribution >= 0.6 is 0 Å². The summed E-state index contributed by atoms with van der Waals surface area (Å²) in [5.74, 6) is -1.13. The third kappa shape index (κ3) is 4.81. The Morgan fingerprint density at radius 1 is 1.27 bits per heavy atom. The van der Waals surface area contributed by atoms with Crippen LogP contribution in [0.15, 0.2) is 0 Å². The van der Waals surface area contributed by atoms with Gasteiger partial charge in [0.2, 0.25) is 5.91 Å². The van der Waals surface area contributed by atoms with Crippen LogP contribution in [0.1, 0.15) is 52.9 Å². The van der Waals surface area contributed by atoms with E-state index in [1.54, 1.807) is 6.92 Å². The molecule has 0 fully saturated rings. The minimum Gasteiger partial charge on any atom is -0.480 e. The van der Waals surface area contributed by atoms with Crippen molar-refractivity contribution in [1.82, 2.24) is 5.32 Å². The average Bonchev–Trinajstić information content (AvgIpc) is 2.14. The van der Waals surface area contributed by atoms with E-state index in [-0.39, 0.29) is 5.91 Å². The second-order valence-corrected chi connectivity index (χ2v) is 4.04. The van der Waals surface area contributed by atoms with Gasteiger partial charge in [0.15, 0.2) is 0 Å². The lowest BCUT2D eigenvalue weighted by atomic mass is 9.96. The van der Waals surface area contributed by atoms with Gasteiger partial charge in [-0.05, 0) is 19.8 Å². The fourth-order valence-corrected chi connectivity index (χ4v) is 1.43. The summed E-state index contributed by atoms with van der Waals surface area (Å²) >= 11 is 0. The topological polar surface area (TPSA) is 66.4 Å². The van der Waals surface area contributed by atoms with Gasteiger partial charge in [0.1, 0.15) is 5.54 Å². The Balaban J connectivity index is 4.28. The lowest BCUT2D eigenvalue weighted by molar-refractivity contribution is -0.147. The number of hydrogen-bond acceptors (Lipinski definition) is 2. The van der Waals surface area contributed by atoms with Gasteiger partial charge in [-0.15, -0.1) is 0 Å². The van der Waals surface area contributed by atoms with Crippen LogP contribution in [0.3, 0.4) is 0 Å². The summed E-state index contributed by atoms with van der Waals surface area (Å²) in [6, 6.07) is 0. The molecule has 2 N–H and O–H groups in total. The van der Waals surface area contributed by atoms with E-state index < -0.39 is 11.5 Å². The van der Waals surface area contributed by atoms with Crippen LogP contribution in [0.25, 0.3) is 0 Å². The van der Waals surface area contributed by atoms with Gasteiger partial charge >= 0.3 is 5.97 Å². The van der Waals surface area contributed by atoms with Gasteiger partial charge in [-0.1, -0.05) is 26.7 Å². The molecule has 0 heterocycles. The van der Waals surface area contributed by atoms with Crippen molar-refractivity contribution in [3.8, 4) is 0 Å². The largest absolute Gasteiger partial charge is 0.480 e. The maximum absolute atomic E-state index is 11.4. The number of carboxylic acid groups (broad SMARTS) is 1. The third-order valence-electron chi connectivity index (χ3n) is 2.39. The van der Waals surface area contributed by atoms with Gasteiger partial charge < -0.3 is 10.4 Å². The molecule has 0 aliphatic carbocycles. The highest BCUT2D eigenvalue weighted by molar-refractivity contribution is 5.86. The van der Waals surface area contributed by atoms with Crippen molar-refractivity contribution < 1.29 is 14.7 Å². The van der Waals surface area contributed by atoms with Gasteiger partial charge in [0.25, 0.3) is 0 Å². The molecule has 0 aromatic carbocycles. The molecule has 15 heavy (non-hydrogen) atoms. The maximum atomic E-state index is 11.4. The number of hydrogen-bond donors (Lipinski definition) is 2. The molecule has 0 saturated carbocycles. The van der Waals surface area contributed by atoms with E-state index in [9.17, 15) is 9.59 Å². The zero-order chi connectivity index (χ0) is 11.9. The molecule has 0 radical (unpaired) electrons. The Hall–Kier alpha value is -1.06. The fourth-order valence-electron chi connectivity index (χ4n) is 1.43. The molecule has 0 rings (SSSR count). The second kappa shape index (κ2) is 6.43. The monoisotopic (exact) mass is 215 g/mol. The van der Waals surface area contributed by atoms with Crippen molar-refractivity contribution in [3.63, 3.8) is 0 Å². The number of nitrogens with one attached hydrogen (secondary N) is 1. The van der Waals surface area contributed by atoms with E-state index >= 15 is 0 Å². The van der Waals surface area contributed by atoms with Crippen LogP contribution in [0.4, 0.5) is 0 Å². The van der Waals surface area contributed by atoms with Crippen molar-refractivity contribution in [2.24, 2.45) is 0 Å². The first kappa shape index (κ1) is 13.9. The Labute approximate surface area is 91.1 Å². The number of unbranched alkanes of at least 4 members (excludes halogenated alkanes) is 1. The minimum absolute atomic E-state index is 0.171. The predicted octanol–water partition coefficient (Wildman–Crippen LogP) is 1.94. The zero-order valence-corrected chi connectivity index (χ0v) is 9.80. The maximum Gasteiger partial charge on any atom is 0.329 e. The quantitative estimate of drug-likeness (QED) is 0.682. The number of amides is 1. The lowest BCUT2D eigenvalue weighted by Crippen LogP contribution is -2.52. The van der Waals surface area contributed by atoms with E-state index in [1.165, 1.54) is 0 Å². The second-order valence-electron chi connectivity index (χ2n) is 4.04. The molecule has 0 saturated heterocycles. The minimum atomic E-state index is -1.11. The molecule has 1 atom stereocenters. The summed E-state index contributed by atoms with van der Waals surface area (Å²) in [5.41, 5.74) is -1.11. The first-order chi connectivity index (χ1) is 6.96. The molecular formula is C11H21NO3. The van der Waals surface area contributed by atoms with Gasteiger partial charge in [0, 0.05) is 6.42 Å². The van der Waals surface area contributed by atoms with Crippen LogP contribution in [0.5, 0.6) is 0 Å². The molecule has 4 nitrogen and oxygen atoms in total. The lowest BCUT2D eigenvalue weighted by Gasteiger charge is -2.25. The number of aliphatic carboxylic acids is 1. The molecule has 1 unspecified atom stereocenters. The Kier molecular flexibility index (Phi) is 5.97. The first-order valence-corrected chi connectivity index (χ1v) is 5.50. The van der Waals surface area contributed by atoms with Crippen LogP contribution in [-0.4, -0.2) is 22.5 Å². The van der Waals surface area contributed by atoms with Crippen molar-refractivity contribution >= 4 is 11.9 Å². The fraction of sp³-hybridized carbons (Fsp3) is 0.818. The Morgan fingerprint density at radius 3 is 2.27 bits per heavy atom. The zero-order valence-electron chi connectivity index (χ0n) is 9.80. The van der Waals surface area contributed by atoms with E-state index in [1.807, 2.05) is 13.8 Å². The highest BCUT2D eigenvalue weighted by Gasteiger charge is 2.33. The number of carboxylic acids is 1. The summed E-state index contributed by atoms with van der Waals surface area (Å²) in [6.45, 7) is 5.46. The van der Waals surface area contributed by atoms with Crippen molar-refractivity contribution in [2.45, 2.75) is 58.4 Å². The Morgan fingerprint density at radius 2 is 1.87 bits per heavy atom. The summed E-state index contributed by atoms with van der Waals surface area (Å²) < 4.78 is 0. The third-order valence-corrected chi connectivity index (χ3v) is 2.39. The molecule has 0 aliphatic heterocycles. The van der Waals surface area contributed by atoms with Gasteiger partial charge in [-0.3, -0.25) is 4.79 Å². The molecule has 0 aromatic heterocycles. The van der Waals surface area contributed by atoms with E-state index in [0.717, 1.165) is 19.3 Å². The predicted molar refractivity (Wildman–Crippen MR) is 58.6 cm³/mol. The highest BCUT2D eigenvalue weighted by atomic mass is 16.4. The van der Waals surface area contributed by atoms with Gasteiger partial charge in [-0.25, -0.2) is 4.79 Å². The number of carbonyl (C=O) groups excluding carboxylic acids is 1. The van der Waals surface area contributed by atoms with Crippen molar-refractivity contribution in [1.29, 1.82) is 0 Å². The molecule has 0 bridgehead atoms. The molecule has 0 spiro atoms. The molecule has 1 amide bonds. The van der Waals surface area contributed by atoms with Crippen LogP contribution in [0, 0.1) is 0 Å². The SMILES string of the molecule is CCCCC(=O)NC(C)(CCC)C(=O)O. The average molecular weight is 215 g/mol. The van der Waals surface area contributed by atoms with E-state index in [0.29, 0.717) is 12.8 Å². The smallest absolute Gasteiger partial charge is 0.329 e. The van der Waals surface area contributed by atoms with E-state index in [4.69, 9.17) is 5.11 Å². The summed E-state index contributed by atoms with van der Waals surface area (Å²) in [5, 5.41) is 11.6. The number of carbonyl (C=O) groups is 2. The van der Waals surface area contributed by atoms with Gasteiger partial charge in [-0.2, -0.15) is 0 Å². The highest BCUT2D eigenvalue weighted by Crippen LogP contribution is 2.13. The molecular weight excluding hydrogens is 194 g/mol.